The Morgan fingerprint density at radius 2 is 1.63 bits per heavy atom. The summed E-state index contributed by atoms with van der Waals surface area (Å²) in [5.74, 6) is 3.24. The highest BCUT2D eigenvalue weighted by molar-refractivity contribution is 5.85. The molecule has 4 rings (SSSR count). The van der Waals surface area contributed by atoms with Gasteiger partial charge in [0.1, 0.15) is 5.75 Å². The maximum Gasteiger partial charge on any atom is 0.226 e. The van der Waals surface area contributed by atoms with E-state index in [-0.39, 0.29) is 17.9 Å². The van der Waals surface area contributed by atoms with Crippen LogP contribution in [0.5, 0.6) is 17.2 Å². The van der Waals surface area contributed by atoms with Gasteiger partial charge in [0.2, 0.25) is 5.91 Å². The predicted molar refractivity (Wildman–Crippen MR) is 102 cm³/mol. The highest BCUT2D eigenvalue weighted by Crippen LogP contribution is 2.51. The summed E-state index contributed by atoms with van der Waals surface area (Å²) >= 11 is 0. The van der Waals surface area contributed by atoms with Crippen LogP contribution in [-0.2, 0) is 17.8 Å². The van der Waals surface area contributed by atoms with Crippen LogP contribution in [-0.4, -0.2) is 38.2 Å². The zero-order chi connectivity index (χ0) is 19.0. The molecule has 0 aromatic heterocycles. The van der Waals surface area contributed by atoms with E-state index in [0.717, 1.165) is 24.2 Å². The maximum atomic E-state index is 12.8. The van der Waals surface area contributed by atoms with E-state index in [1.165, 1.54) is 5.56 Å². The molecule has 1 saturated carbocycles. The van der Waals surface area contributed by atoms with E-state index in [0.29, 0.717) is 24.0 Å². The monoisotopic (exact) mass is 367 g/mol. The van der Waals surface area contributed by atoms with Gasteiger partial charge < -0.3 is 19.1 Å². The van der Waals surface area contributed by atoms with Gasteiger partial charge in [0.05, 0.1) is 21.3 Å². The first-order valence-electron chi connectivity index (χ1n) is 9.29. The molecule has 1 saturated heterocycles. The van der Waals surface area contributed by atoms with Crippen molar-refractivity contribution in [2.45, 2.75) is 25.4 Å². The maximum absolute atomic E-state index is 12.8. The first kappa shape index (κ1) is 17.7. The number of methoxy groups -OCH3 is 3. The molecule has 0 bridgehead atoms. The second-order valence-electron chi connectivity index (χ2n) is 7.28. The summed E-state index contributed by atoms with van der Waals surface area (Å²) in [6.45, 7) is 0.604. The number of rotatable bonds is 7. The van der Waals surface area contributed by atoms with Gasteiger partial charge in [-0.15, -0.1) is 0 Å². The zero-order valence-corrected chi connectivity index (χ0v) is 16.0. The Hall–Kier alpha value is -2.69. The number of carbonyl (C=O) groups excluding carboxylic acids is 1. The normalized spacial score (nSPS) is 23.1. The van der Waals surface area contributed by atoms with Crippen LogP contribution in [0.3, 0.4) is 0 Å². The fraction of sp³-hybridized carbons (Fsp3) is 0.409. The molecule has 5 nitrogen and oxygen atoms in total. The van der Waals surface area contributed by atoms with Crippen molar-refractivity contribution in [2.75, 3.05) is 21.3 Å². The molecule has 2 aromatic carbocycles. The van der Waals surface area contributed by atoms with Gasteiger partial charge in [0.15, 0.2) is 11.5 Å². The van der Waals surface area contributed by atoms with Crippen LogP contribution in [0.15, 0.2) is 42.5 Å². The van der Waals surface area contributed by atoms with Crippen molar-refractivity contribution < 1.29 is 19.0 Å². The lowest BCUT2D eigenvalue weighted by atomic mass is 10.0. The molecule has 142 valence electrons. The third-order valence-corrected chi connectivity index (χ3v) is 5.74. The van der Waals surface area contributed by atoms with Crippen molar-refractivity contribution >= 4 is 5.91 Å². The Morgan fingerprint density at radius 1 is 0.926 bits per heavy atom. The molecule has 1 aliphatic heterocycles. The average molecular weight is 367 g/mol. The first-order valence-corrected chi connectivity index (χ1v) is 9.29. The number of hydrogen-bond donors (Lipinski definition) is 0. The van der Waals surface area contributed by atoms with Crippen molar-refractivity contribution in [3.63, 3.8) is 0 Å². The van der Waals surface area contributed by atoms with Gasteiger partial charge in [-0.05, 0) is 54.2 Å². The van der Waals surface area contributed by atoms with Crippen LogP contribution in [0.4, 0.5) is 0 Å². The Labute approximate surface area is 159 Å². The number of fused-ring (bicyclic) bond motifs is 1. The zero-order valence-electron chi connectivity index (χ0n) is 16.0. The van der Waals surface area contributed by atoms with Crippen LogP contribution in [0.1, 0.15) is 17.5 Å². The molecule has 3 unspecified atom stereocenters. The lowest BCUT2D eigenvalue weighted by Crippen LogP contribution is -2.37. The standard InChI is InChI=1S/C22H25NO4/c1-25-16-7-4-14(5-8-16)10-19-17-12-18(17)22(24)23(19)13-15-6-9-20(26-2)21(11-15)27-3/h4-9,11,17-19H,10,12-13H2,1-3H3. The predicted octanol–water partition coefficient (Wildman–Crippen LogP) is 3.30. The quantitative estimate of drug-likeness (QED) is 0.753. The summed E-state index contributed by atoms with van der Waals surface area (Å²) in [5.41, 5.74) is 2.29. The summed E-state index contributed by atoms with van der Waals surface area (Å²) in [7, 11) is 4.93. The van der Waals surface area contributed by atoms with Crippen LogP contribution in [0.25, 0.3) is 0 Å². The van der Waals surface area contributed by atoms with Crippen molar-refractivity contribution in [3.8, 4) is 17.2 Å². The van der Waals surface area contributed by atoms with Gasteiger partial charge in [0, 0.05) is 18.5 Å². The smallest absolute Gasteiger partial charge is 0.226 e. The number of ether oxygens (including phenoxy) is 3. The number of likely N-dealkylation sites (tertiary alicyclic amines) is 1. The van der Waals surface area contributed by atoms with E-state index in [2.05, 4.69) is 12.1 Å². The number of amides is 1. The van der Waals surface area contributed by atoms with Crippen molar-refractivity contribution in [1.82, 2.24) is 4.90 Å². The Morgan fingerprint density at radius 3 is 2.30 bits per heavy atom. The molecular weight excluding hydrogens is 342 g/mol. The number of nitrogens with zero attached hydrogens (tertiary/aromatic N) is 1. The van der Waals surface area contributed by atoms with Gasteiger partial charge in [0.25, 0.3) is 0 Å². The molecule has 0 radical (unpaired) electrons. The molecule has 3 atom stereocenters. The van der Waals surface area contributed by atoms with Gasteiger partial charge >= 0.3 is 0 Å². The highest BCUT2D eigenvalue weighted by Gasteiger charge is 2.58. The molecule has 2 aromatic rings. The summed E-state index contributed by atoms with van der Waals surface area (Å²) < 4.78 is 16.0. The number of carbonyl (C=O) groups is 1. The van der Waals surface area contributed by atoms with Crippen molar-refractivity contribution in [1.29, 1.82) is 0 Å². The second-order valence-corrected chi connectivity index (χ2v) is 7.28. The van der Waals surface area contributed by atoms with Crippen molar-refractivity contribution in [2.24, 2.45) is 11.8 Å². The van der Waals surface area contributed by atoms with E-state index in [1.807, 2.05) is 35.2 Å². The second kappa shape index (κ2) is 7.14. The molecule has 0 spiro atoms. The van der Waals surface area contributed by atoms with Gasteiger partial charge in [-0.1, -0.05) is 18.2 Å². The van der Waals surface area contributed by atoms with E-state index >= 15 is 0 Å². The minimum Gasteiger partial charge on any atom is -0.497 e. The van der Waals surface area contributed by atoms with Crippen LogP contribution < -0.4 is 14.2 Å². The van der Waals surface area contributed by atoms with Crippen LogP contribution >= 0.6 is 0 Å². The minimum atomic E-state index is 0.216. The van der Waals surface area contributed by atoms with Crippen LogP contribution in [0.2, 0.25) is 0 Å². The van der Waals surface area contributed by atoms with E-state index in [4.69, 9.17) is 14.2 Å². The van der Waals surface area contributed by atoms with Crippen molar-refractivity contribution in [3.05, 3.63) is 53.6 Å². The molecule has 2 fully saturated rings. The molecule has 1 aliphatic carbocycles. The SMILES string of the molecule is COc1ccc(CC2C3CC3C(=O)N2Cc2ccc(OC)c(OC)c2)cc1. The van der Waals surface area contributed by atoms with Gasteiger partial charge in [-0.25, -0.2) is 0 Å². The largest absolute Gasteiger partial charge is 0.497 e. The Kier molecular flexibility index (Phi) is 4.68. The summed E-state index contributed by atoms with van der Waals surface area (Å²) in [5, 5.41) is 0. The van der Waals surface area contributed by atoms with Gasteiger partial charge in [-0.2, -0.15) is 0 Å². The fourth-order valence-corrected chi connectivity index (χ4v) is 4.17. The summed E-state index contributed by atoms with van der Waals surface area (Å²) in [6.07, 6.45) is 1.91. The Balaban J connectivity index is 1.52. The molecule has 0 N–H and O–H groups in total. The number of benzene rings is 2. The lowest BCUT2D eigenvalue weighted by Gasteiger charge is -2.28. The third kappa shape index (κ3) is 3.34. The number of piperidine rings is 1. The molecule has 1 amide bonds. The van der Waals surface area contributed by atoms with E-state index in [9.17, 15) is 4.79 Å². The van der Waals surface area contributed by atoms with E-state index in [1.54, 1.807) is 21.3 Å². The first-order chi connectivity index (χ1) is 13.1. The van der Waals surface area contributed by atoms with E-state index < -0.39 is 0 Å². The lowest BCUT2D eigenvalue weighted by molar-refractivity contribution is -0.132. The third-order valence-electron chi connectivity index (χ3n) is 5.74. The fourth-order valence-electron chi connectivity index (χ4n) is 4.17. The molecule has 5 heteroatoms. The highest BCUT2D eigenvalue weighted by atomic mass is 16.5. The molecule has 2 aliphatic rings. The average Bonchev–Trinajstić information content (AvgIpc) is 3.46. The minimum absolute atomic E-state index is 0.216. The summed E-state index contributed by atoms with van der Waals surface area (Å²) in [4.78, 5) is 14.8. The number of hydrogen-bond acceptors (Lipinski definition) is 4. The molecule has 1 heterocycles. The molecule has 27 heavy (non-hydrogen) atoms. The van der Waals surface area contributed by atoms with Gasteiger partial charge in [-0.3, -0.25) is 4.79 Å². The topological polar surface area (TPSA) is 48.0 Å². The molecular formula is C22H25NO4. The Bertz CT molecular complexity index is 833. The summed E-state index contributed by atoms with van der Waals surface area (Å²) in [6, 6.07) is 14.3. The van der Waals surface area contributed by atoms with Crippen LogP contribution in [0, 0.1) is 11.8 Å².